The highest BCUT2D eigenvalue weighted by molar-refractivity contribution is 7.99. The van der Waals surface area contributed by atoms with Crippen molar-refractivity contribution in [1.82, 2.24) is 5.32 Å². The molecule has 0 aromatic heterocycles. The molecule has 0 aliphatic carbocycles. The third-order valence-corrected chi connectivity index (χ3v) is 3.28. The second-order valence-electron chi connectivity index (χ2n) is 3.79. The topological polar surface area (TPSA) is 55.1 Å². The molecule has 0 aliphatic rings. The maximum atomic E-state index is 11.5. The molecule has 4 heteroatoms. The highest BCUT2D eigenvalue weighted by Crippen LogP contribution is 2.08. The molecule has 92 valence electrons. The lowest BCUT2D eigenvalue weighted by Crippen LogP contribution is -2.27. The molecule has 1 unspecified atom stereocenters. The first kappa shape index (κ1) is 13.6. The highest BCUT2D eigenvalue weighted by Gasteiger charge is 2.00. The summed E-state index contributed by atoms with van der Waals surface area (Å²) >= 11 is 1.73. The van der Waals surface area contributed by atoms with Crippen molar-refractivity contribution in [2.45, 2.75) is 12.2 Å². The average molecular weight is 250 g/mol. The summed E-state index contributed by atoms with van der Waals surface area (Å²) in [7, 11) is 0. The van der Waals surface area contributed by atoms with Gasteiger partial charge in [-0.3, -0.25) is 4.79 Å². The van der Waals surface area contributed by atoms with Gasteiger partial charge in [0.05, 0.1) is 0 Å². The van der Waals surface area contributed by atoms with E-state index in [0.717, 1.165) is 5.56 Å². The molecule has 1 amide bonds. The molecule has 3 nitrogen and oxygen atoms in total. The van der Waals surface area contributed by atoms with Crippen LogP contribution in [0.5, 0.6) is 0 Å². The van der Waals surface area contributed by atoms with Crippen molar-refractivity contribution in [2.24, 2.45) is 0 Å². The summed E-state index contributed by atoms with van der Waals surface area (Å²) in [5.74, 6) is -0.0756. The van der Waals surface area contributed by atoms with Crippen LogP contribution in [0.2, 0.25) is 0 Å². The Morgan fingerprint density at radius 1 is 1.59 bits per heavy atom. The van der Waals surface area contributed by atoms with Gasteiger partial charge in [0, 0.05) is 23.6 Å². The maximum absolute atomic E-state index is 11.5. The number of rotatable bonds is 5. The van der Waals surface area contributed by atoms with E-state index in [0.29, 0.717) is 17.5 Å². The Balaban J connectivity index is 2.45. The molecule has 0 saturated heterocycles. The van der Waals surface area contributed by atoms with Crippen LogP contribution >= 0.6 is 11.8 Å². The van der Waals surface area contributed by atoms with Gasteiger partial charge in [0.25, 0.3) is 0 Å². The number of hydrogen-bond donors (Lipinski definition) is 2. The Labute approximate surface area is 106 Å². The van der Waals surface area contributed by atoms with Gasteiger partial charge in [0.15, 0.2) is 0 Å². The number of thioether (sulfide) groups is 1. The number of carbonyl (C=O) groups is 1. The quantitative estimate of drug-likeness (QED) is 0.622. The molecule has 1 aromatic rings. The third kappa shape index (κ3) is 5.45. The van der Waals surface area contributed by atoms with E-state index in [4.69, 9.17) is 5.73 Å². The van der Waals surface area contributed by atoms with Crippen LogP contribution in [0.4, 0.5) is 5.69 Å². The molecule has 0 bridgehead atoms. The number of benzene rings is 1. The van der Waals surface area contributed by atoms with Crippen LogP contribution in [0.15, 0.2) is 30.3 Å². The van der Waals surface area contributed by atoms with E-state index in [1.165, 1.54) is 6.08 Å². The van der Waals surface area contributed by atoms with Crippen LogP contribution in [0.25, 0.3) is 6.08 Å². The zero-order valence-electron chi connectivity index (χ0n) is 10.1. The minimum absolute atomic E-state index is 0.0756. The summed E-state index contributed by atoms with van der Waals surface area (Å²) in [4.78, 5) is 11.5. The van der Waals surface area contributed by atoms with Gasteiger partial charge < -0.3 is 11.1 Å². The molecule has 0 radical (unpaired) electrons. The molecule has 3 N–H and O–H groups in total. The van der Waals surface area contributed by atoms with Crippen LogP contribution in [0.3, 0.4) is 0 Å². The van der Waals surface area contributed by atoms with Crippen molar-refractivity contribution < 1.29 is 4.79 Å². The average Bonchev–Trinajstić information content (AvgIpc) is 2.33. The number of nitrogens with two attached hydrogens (primary N) is 1. The fourth-order valence-electron chi connectivity index (χ4n) is 1.22. The predicted molar refractivity (Wildman–Crippen MR) is 75.9 cm³/mol. The number of carbonyl (C=O) groups excluding carboxylic acids is 1. The second-order valence-corrected chi connectivity index (χ2v) is 5.07. The van der Waals surface area contributed by atoms with E-state index in [-0.39, 0.29) is 5.91 Å². The zero-order chi connectivity index (χ0) is 12.7. The summed E-state index contributed by atoms with van der Waals surface area (Å²) in [6, 6.07) is 7.42. The van der Waals surface area contributed by atoms with Crippen molar-refractivity contribution in [3.05, 3.63) is 35.9 Å². The fourth-order valence-corrected chi connectivity index (χ4v) is 1.47. The Bertz CT molecular complexity index is 404. The summed E-state index contributed by atoms with van der Waals surface area (Å²) < 4.78 is 0. The van der Waals surface area contributed by atoms with Crippen LogP contribution in [0.1, 0.15) is 12.5 Å². The van der Waals surface area contributed by atoms with Crippen LogP contribution in [-0.4, -0.2) is 24.0 Å². The van der Waals surface area contributed by atoms with E-state index in [9.17, 15) is 4.79 Å². The smallest absolute Gasteiger partial charge is 0.244 e. The van der Waals surface area contributed by atoms with Gasteiger partial charge in [0.1, 0.15) is 0 Å². The van der Waals surface area contributed by atoms with Crippen molar-refractivity contribution in [1.29, 1.82) is 0 Å². The standard InChI is InChI=1S/C13H18N2OS/c1-10(17-2)9-15-13(16)7-6-11-4-3-5-12(14)8-11/h3-8,10H,9,14H2,1-2H3,(H,15,16)/b7-6+. The lowest BCUT2D eigenvalue weighted by atomic mass is 10.2. The van der Waals surface area contributed by atoms with E-state index in [2.05, 4.69) is 12.2 Å². The summed E-state index contributed by atoms with van der Waals surface area (Å²) in [5.41, 5.74) is 7.27. The Kier molecular flexibility index (Phi) is 5.63. The highest BCUT2D eigenvalue weighted by atomic mass is 32.2. The molecule has 1 rings (SSSR count). The lowest BCUT2D eigenvalue weighted by molar-refractivity contribution is -0.116. The van der Waals surface area contributed by atoms with Crippen LogP contribution < -0.4 is 11.1 Å². The van der Waals surface area contributed by atoms with Gasteiger partial charge in [-0.15, -0.1) is 0 Å². The third-order valence-electron chi connectivity index (χ3n) is 2.30. The van der Waals surface area contributed by atoms with Crippen molar-refractivity contribution in [3.8, 4) is 0 Å². The SMILES string of the molecule is CSC(C)CNC(=O)/C=C/c1cccc(N)c1. The molecule has 1 aromatic carbocycles. The number of nitrogen functional groups attached to an aromatic ring is 1. The molecule has 0 saturated carbocycles. The fraction of sp³-hybridized carbons (Fsp3) is 0.308. The molecule has 0 fully saturated rings. The molecular weight excluding hydrogens is 232 g/mol. The van der Waals surface area contributed by atoms with Crippen LogP contribution in [0, 0.1) is 0 Å². The van der Waals surface area contributed by atoms with Gasteiger partial charge in [-0.25, -0.2) is 0 Å². The first-order valence-electron chi connectivity index (χ1n) is 5.46. The predicted octanol–water partition coefficient (Wildman–Crippen LogP) is 2.15. The number of anilines is 1. The van der Waals surface area contributed by atoms with Gasteiger partial charge in [-0.1, -0.05) is 19.1 Å². The monoisotopic (exact) mass is 250 g/mol. The normalized spacial score (nSPS) is 12.6. The molecular formula is C13H18N2OS. The Hall–Kier alpha value is -1.42. The van der Waals surface area contributed by atoms with E-state index in [1.54, 1.807) is 17.8 Å². The summed E-state index contributed by atoms with van der Waals surface area (Å²) in [5, 5.41) is 3.27. The maximum Gasteiger partial charge on any atom is 0.244 e. The summed E-state index contributed by atoms with van der Waals surface area (Å²) in [6.07, 6.45) is 5.32. The van der Waals surface area contributed by atoms with E-state index >= 15 is 0 Å². The number of nitrogens with one attached hydrogen (secondary N) is 1. The van der Waals surface area contributed by atoms with Crippen molar-refractivity contribution in [3.63, 3.8) is 0 Å². The largest absolute Gasteiger partial charge is 0.399 e. The van der Waals surface area contributed by atoms with Gasteiger partial charge in [0.2, 0.25) is 5.91 Å². The zero-order valence-corrected chi connectivity index (χ0v) is 11.0. The minimum Gasteiger partial charge on any atom is -0.399 e. The molecule has 0 spiro atoms. The number of hydrogen-bond acceptors (Lipinski definition) is 3. The first-order valence-corrected chi connectivity index (χ1v) is 6.75. The Morgan fingerprint density at radius 2 is 2.35 bits per heavy atom. The summed E-state index contributed by atoms with van der Waals surface area (Å²) in [6.45, 7) is 2.76. The number of amides is 1. The van der Waals surface area contributed by atoms with Gasteiger partial charge in [-0.05, 0) is 30.0 Å². The van der Waals surface area contributed by atoms with Crippen LogP contribution in [-0.2, 0) is 4.79 Å². The second kappa shape index (κ2) is 7.01. The molecule has 0 aliphatic heterocycles. The van der Waals surface area contributed by atoms with Gasteiger partial charge in [-0.2, -0.15) is 11.8 Å². The first-order chi connectivity index (χ1) is 8.11. The van der Waals surface area contributed by atoms with Crippen molar-refractivity contribution in [2.75, 3.05) is 18.5 Å². The minimum atomic E-state index is -0.0756. The Morgan fingerprint density at radius 3 is 3.00 bits per heavy atom. The van der Waals surface area contributed by atoms with Crippen molar-refractivity contribution >= 4 is 29.4 Å². The van der Waals surface area contributed by atoms with Gasteiger partial charge >= 0.3 is 0 Å². The van der Waals surface area contributed by atoms with E-state index in [1.807, 2.05) is 30.5 Å². The molecule has 1 atom stereocenters. The lowest BCUT2D eigenvalue weighted by Gasteiger charge is -2.07. The van der Waals surface area contributed by atoms with E-state index < -0.39 is 0 Å². The molecule has 0 heterocycles. The molecule has 17 heavy (non-hydrogen) atoms.